The number of aryl methyl sites for hydroxylation is 1. The molecule has 3 rings (SSSR count). The molecule has 0 aromatic carbocycles. The van der Waals surface area contributed by atoms with Gasteiger partial charge in [0.2, 0.25) is 0 Å². The first kappa shape index (κ1) is 20.9. The number of rotatable bonds is 6. The third-order valence-electron chi connectivity index (χ3n) is 5.67. The van der Waals surface area contributed by atoms with Crippen LogP contribution in [0.2, 0.25) is 0 Å². The summed E-state index contributed by atoms with van der Waals surface area (Å²) in [6, 6.07) is 4.02. The van der Waals surface area contributed by atoms with Crippen molar-refractivity contribution in [2.45, 2.75) is 46.6 Å². The van der Waals surface area contributed by atoms with Crippen molar-refractivity contribution in [3.05, 3.63) is 46.4 Å². The van der Waals surface area contributed by atoms with Crippen LogP contribution in [0.4, 0.5) is 5.82 Å². The van der Waals surface area contributed by atoms with Gasteiger partial charge in [-0.3, -0.25) is 4.79 Å². The second-order valence-electron chi connectivity index (χ2n) is 7.70. The molecular weight excluding hydrogens is 368 g/mol. The van der Waals surface area contributed by atoms with E-state index < -0.39 is 5.97 Å². The number of hydrogen-bond donors (Lipinski definition) is 2. The lowest BCUT2D eigenvalue weighted by molar-refractivity contribution is 0.0599. The van der Waals surface area contributed by atoms with Crippen LogP contribution in [-0.4, -0.2) is 42.0 Å². The molecule has 7 nitrogen and oxygen atoms in total. The molecule has 1 aliphatic heterocycles. The number of nitrogens with one attached hydrogen (secondary N) is 2. The van der Waals surface area contributed by atoms with Crippen LogP contribution in [0.3, 0.4) is 0 Å². The smallest absolute Gasteiger partial charge is 0.339 e. The molecule has 0 bridgehead atoms. The van der Waals surface area contributed by atoms with Crippen molar-refractivity contribution in [2.24, 2.45) is 5.92 Å². The number of aromatic amines is 1. The van der Waals surface area contributed by atoms with E-state index in [1.807, 2.05) is 25.3 Å². The van der Waals surface area contributed by atoms with Crippen molar-refractivity contribution >= 4 is 17.7 Å². The van der Waals surface area contributed by atoms with Gasteiger partial charge < -0.3 is 19.9 Å². The van der Waals surface area contributed by atoms with E-state index in [1.54, 1.807) is 6.92 Å². The fourth-order valence-corrected chi connectivity index (χ4v) is 3.75. The van der Waals surface area contributed by atoms with Crippen molar-refractivity contribution in [1.29, 1.82) is 0 Å². The molecule has 0 radical (unpaired) electrons. The minimum Gasteiger partial charge on any atom is -0.465 e. The molecule has 1 fully saturated rings. The highest BCUT2D eigenvalue weighted by Crippen LogP contribution is 2.22. The number of nitrogens with zero attached hydrogens (tertiary/aromatic N) is 2. The largest absolute Gasteiger partial charge is 0.465 e. The average Bonchev–Trinajstić information content (AvgIpc) is 3.09. The molecule has 7 heteroatoms. The zero-order chi connectivity index (χ0) is 21.0. The number of methoxy groups -OCH3 is 1. The summed E-state index contributed by atoms with van der Waals surface area (Å²) in [6.07, 6.45) is 4.82. The molecule has 3 heterocycles. The lowest BCUT2D eigenvalue weighted by atomic mass is 9.99. The molecule has 0 unspecified atom stereocenters. The Balaban J connectivity index is 1.64. The number of H-pyrrole nitrogens is 1. The number of aromatic nitrogens is 2. The van der Waals surface area contributed by atoms with Gasteiger partial charge in [-0.2, -0.15) is 0 Å². The zero-order valence-electron chi connectivity index (χ0n) is 17.7. The number of anilines is 1. The normalized spacial score (nSPS) is 14.7. The maximum absolute atomic E-state index is 12.7. The minimum absolute atomic E-state index is 0.249. The second-order valence-corrected chi connectivity index (χ2v) is 7.70. The number of esters is 1. The predicted molar refractivity (Wildman–Crippen MR) is 112 cm³/mol. The Bertz CT molecular complexity index is 865. The lowest BCUT2D eigenvalue weighted by Crippen LogP contribution is -2.33. The summed E-state index contributed by atoms with van der Waals surface area (Å²) in [4.78, 5) is 34.6. The fraction of sp³-hybridized carbons (Fsp3) is 0.500. The van der Waals surface area contributed by atoms with Gasteiger partial charge in [0.15, 0.2) is 0 Å². The molecule has 0 atom stereocenters. The van der Waals surface area contributed by atoms with Gasteiger partial charge in [0.1, 0.15) is 11.5 Å². The van der Waals surface area contributed by atoms with Crippen LogP contribution in [-0.2, 0) is 17.7 Å². The highest BCUT2D eigenvalue weighted by molar-refractivity contribution is 6.00. The number of amides is 1. The summed E-state index contributed by atoms with van der Waals surface area (Å²) in [5.41, 5.74) is 3.09. The topological polar surface area (TPSA) is 87.3 Å². The van der Waals surface area contributed by atoms with Crippen LogP contribution < -0.4 is 10.2 Å². The molecule has 2 aromatic rings. The van der Waals surface area contributed by atoms with Gasteiger partial charge >= 0.3 is 5.97 Å². The molecule has 0 aliphatic carbocycles. The maximum atomic E-state index is 12.7. The third kappa shape index (κ3) is 4.60. The van der Waals surface area contributed by atoms with Crippen molar-refractivity contribution in [3.8, 4) is 0 Å². The lowest BCUT2D eigenvalue weighted by Gasteiger charge is -2.31. The highest BCUT2D eigenvalue weighted by atomic mass is 16.5. The van der Waals surface area contributed by atoms with Gasteiger partial charge in [0, 0.05) is 31.5 Å². The van der Waals surface area contributed by atoms with Crippen LogP contribution in [0.5, 0.6) is 0 Å². The number of carbonyl (C=O) groups is 2. The van der Waals surface area contributed by atoms with E-state index in [-0.39, 0.29) is 5.91 Å². The van der Waals surface area contributed by atoms with Crippen molar-refractivity contribution in [2.75, 3.05) is 25.1 Å². The first-order chi connectivity index (χ1) is 13.9. The summed E-state index contributed by atoms with van der Waals surface area (Å²) in [6.45, 7) is 8.43. The van der Waals surface area contributed by atoms with E-state index in [1.165, 1.54) is 20.0 Å². The Hall–Kier alpha value is -2.83. The van der Waals surface area contributed by atoms with E-state index in [0.717, 1.165) is 30.4 Å². The number of hydrogen-bond acceptors (Lipinski definition) is 5. The van der Waals surface area contributed by atoms with E-state index in [0.29, 0.717) is 35.5 Å². The number of carbonyl (C=O) groups excluding carboxylic acids is 2. The molecule has 0 saturated carbocycles. The van der Waals surface area contributed by atoms with Crippen LogP contribution in [0.25, 0.3) is 0 Å². The Kier molecular flexibility index (Phi) is 6.56. The molecular formula is C22H30N4O3. The monoisotopic (exact) mass is 398 g/mol. The molecule has 1 aliphatic rings. The molecule has 29 heavy (non-hydrogen) atoms. The zero-order valence-corrected chi connectivity index (χ0v) is 17.7. The van der Waals surface area contributed by atoms with Gasteiger partial charge in [0.25, 0.3) is 5.91 Å². The van der Waals surface area contributed by atoms with E-state index in [9.17, 15) is 9.59 Å². The SMILES string of the molecule is CCc1[nH]c(C(=O)NCc2ccc(N3CCC(C)CC3)nc2)c(C)c1C(=O)OC. The molecule has 156 valence electrons. The van der Waals surface area contributed by atoms with Crippen LogP contribution >= 0.6 is 0 Å². The van der Waals surface area contributed by atoms with Crippen LogP contribution in [0.1, 0.15) is 64.4 Å². The number of pyridine rings is 1. The summed E-state index contributed by atoms with van der Waals surface area (Å²) in [7, 11) is 1.34. The molecule has 2 aromatic heterocycles. The molecule has 0 spiro atoms. The Labute approximate surface area is 171 Å². The van der Waals surface area contributed by atoms with Gasteiger partial charge in [-0.15, -0.1) is 0 Å². The van der Waals surface area contributed by atoms with Gasteiger partial charge in [0.05, 0.1) is 12.7 Å². The quantitative estimate of drug-likeness (QED) is 0.730. The van der Waals surface area contributed by atoms with E-state index in [4.69, 9.17) is 4.74 Å². The minimum atomic E-state index is -0.429. The number of ether oxygens (including phenoxy) is 1. The standard InChI is InChI=1S/C22H30N4O3/c1-5-17-19(22(28)29-4)15(3)20(25-17)21(27)24-13-16-6-7-18(23-12-16)26-10-8-14(2)9-11-26/h6-7,12,14,25H,5,8-11,13H2,1-4H3,(H,24,27). The number of piperidine rings is 1. The Morgan fingerprint density at radius 1 is 1.31 bits per heavy atom. The third-order valence-corrected chi connectivity index (χ3v) is 5.67. The van der Waals surface area contributed by atoms with Crippen molar-refractivity contribution in [1.82, 2.24) is 15.3 Å². The van der Waals surface area contributed by atoms with Crippen LogP contribution in [0, 0.1) is 12.8 Å². The van der Waals surface area contributed by atoms with Gasteiger partial charge in [-0.1, -0.05) is 19.9 Å². The summed E-state index contributed by atoms with van der Waals surface area (Å²) in [5.74, 6) is 1.09. The van der Waals surface area contributed by atoms with E-state index in [2.05, 4.69) is 27.1 Å². The summed E-state index contributed by atoms with van der Waals surface area (Å²) < 4.78 is 4.85. The van der Waals surface area contributed by atoms with Crippen molar-refractivity contribution in [3.63, 3.8) is 0 Å². The van der Waals surface area contributed by atoms with Crippen LogP contribution in [0.15, 0.2) is 18.3 Å². The van der Waals surface area contributed by atoms with Gasteiger partial charge in [-0.05, 0) is 49.3 Å². The Morgan fingerprint density at radius 3 is 2.62 bits per heavy atom. The van der Waals surface area contributed by atoms with Gasteiger partial charge in [-0.25, -0.2) is 9.78 Å². The first-order valence-electron chi connectivity index (χ1n) is 10.2. The second kappa shape index (κ2) is 9.11. The fourth-order valence-electron chi connectivity index (χ4n) is 3.75. The molecule has 1 amide bonds. The van der Waals surface area contributed by atoms with Crippen molar-refractivity contribution < 1.29 is 14.3 Å². The van der Waals surface area contributed by atoms with E-state index >= 15 is 0 Å². The molecule has 1 saturated heterocycles. The summed E-state index contributed by atoms with van der Waals surface area (Å²) in [5, 5.41) is 2.91. The molecule has 2 N–H and O–H groups in total. The predicted octanol–water partition coefficient (Wildman–Crippen LogP) is 3.23. The first-order valence-corrected chi connectivity index (χ1v) is 10.2. The maximum Gasteiger partial charge on any atom is 0.339 e. The average molecular weight is 399 g/mol. The Morgan fingerprint density at radius 2 is 2.03 bits per heavy atom. The highest BCUT2D eigenvalue weighted by Gasteiger charge is 2.23. The summed E-state index contributed by atoms with van der Waals surface area (Å²) >= 11 is 0.